The Bertz CT molecular complexity index is 2750. The lowest BCUT2D eigenvalue weighted by Crippen LogP contribution is -2.42. The number of hydrogen-bond acceptors (Lipinski definition) is 1. The fraction of sp³-hybridized carbons (Fsp3) is 0.104. The Morgan fingerprint density at radius 3 is 2.04 bits per heavy atom. The molecule has 0 radical (unpaired) electrons. The van der Waals surface area contributed by atoms with Gasteiger partial charge in [0.15, 0.2) is 0 Å². The molecule has 8 aromatic rings. The van der Waals surface area contributed by atoms with Gasteiger partial charge in [0.1, 0.15) is 5.82 Å². The smallest absolute Gasteiger partial charge is 0.146 e. The topological polar surface area (TPSA) is 17.8 Å². The van der Waals surface area contributed by atoms with Crippen LogP contribution in [0, 0.1) is 12.3 Å². The van der Waals surface area contributed by atoms with Gasteiger partial charge >= 0.3 is 0 Å². The molecule has 0 amide bonds. The molecule has 50 heavy (non-hydrogen) atoms. The molecule has 2 atom stereocenters. The third kappa shape index (κ3) is 3.27. The van der Waals surface area contributed by atoms with E-state index in [0.29, 0.717) is 0 Å². The summed E-state index contributed by atoms with van der Waals surface area (Å²) in [6, 6.07) is 51.6. The zero-order chi connectivity index (χ0) is 33.2. The minimum Gasteiger partial charge on any atom is -0.293 e. The van der Waals surface area contributed by atoms with E-state index in [1.165, 1.54) is 77.3 Å². The number of rotatable bonds is 2. The average Bonchev–Trinajstić information content (AvgIpc) is 3.73. The third-order valence-corrected chi connectivity index (χ3v) is 12.3. The second-order valence-electron chi connectivity index (χ2n) is 14.5. The number of benzene rings is 6. The van der Waals surface area contributed by atoms with Crippen molar-refractivity contribution in [2.75, 3.05) is 0 Å². The van der Waals surface area contributed by atoms with Crippen molar-refractivity contribution >= 4 is 32.7 Å². The van der Waals surface area contributed by atoms with Gasteiger partial charge in [0.2, 0.25) is 0 Å². The zero-order valence-electron chi connectivity index (χ0n) is 28.1. The number of pyridine rings is 1. The second kappa shape index (κ2) is 9.80. The molecule has 11 rings (SSSR count). The summed E-state index contributed by atoms with van der Waals surface area (Å²) >= 11 is 0. The molecule has 0 bridgehead atoms. The van der Waals surface area contributed by atoms with Crippen molar-refractivity contribution in [1.29, 1.82) is 0 Å². The van der Waals surface area contributed by atoms with Crippen LogP contribution in [0.3, 0.4) is 0 Å². The summed E-state index contributed by atoms with van der Waals surface area (Å²) in [7, 11) is 0. The molecule has 6 aromatic carbocycles. The van der Waals surface area contributed by atoms with E-state index in [1.807, 2.05) is 0 Å². The Balaban J connectivity index is 1.33. The van der Waals surface area contributed by atoms with Crippen LogP contribution in [0.2, 0.25) is 0 Å². The molecule has 0 N–H and O–H groups in total. The maximum absolute atomic E-state index is 5.54. The lowest BCUT2D eigenvalue weighted by atomic mass is 9.56. The van der Waals surface area contributed by atoms with Crippen LogP contribution < -0.4 is 0 Å². The summed E-state index contributed by atoms with van der Waals surface area (Å²) in [6.07, 6.45) is 9.47. The summed E-state index contributed by atoms with van der Waals surface area (Å²) in [6.45, 7) is 4.75. The lowest BCUT2D eigenvalue weighted by molar-refractivity contribution is 0.294. The first-order valence-corrected chi connectivity index (χ1v) is 17.7. The molecule has 0 saturated heterocycles. The van der Waals surface area contributed by atoms with Crippen molar-refractivity contribution in [1.82, 2.24) is 9.55 Å². The molecule has 0 fully saturated rings. The summed E-state index contributed by atoms with van der Waals surface area (Å²) in [5, 5.41) is 3.71. The van der Waals surface area contributed by atoms with Gasteiger partial charge in [0, 0.05) is 33.1 Å². The van der Waals surface area contributed by atoms with E-state index in [4.69, 9.17) is 4.98 Å². The van der Waals surface area contributed by atoms with Gasteiger partial charge in [-0.25, -0.2) is 4.98 Å². The summed E-state index contributed by atoms with van der Waals surface area (Å²) in [5.41, 5.74) is 14.7. The first kappa shape index (κ1) is 27.9. The minimum absolute atomic E-state index is 0.195. The Kier molecular flexibility index (Phi) is 5.47. The molecular weight excluding hydrogens is 605 g/mol. The van der Waals surface area contributed by atoms with Gasteiger partial charge in [-0.05, 0) is 75.7 Å². The molecule has 2 nitrogen and oxygen atoms in total. The van der Waals surface area contributed by atoms with Crippen LogP contribution in [0.15, 0.2) is 164 Å². The molecule has 3 aliphatic rings. The highest BCUT2D eigenvalue weighted by molar-refractivity contribution is 6.11. The molecule has 236 valence electrons. The summed E-state index contributed by atoms with van der Waals surface area (Å²) in [5.74, 6) is 1.20. The summed E-state index contributed by atoms with van der Waals surface area (Å²) < 4.78 is 2.46. The number of aromatic nitrogens is 2. The number of allylic oxidation sites excluding steroid dienone is 4. The van der Waals surface area contributed by atoms with Crippen molar-refractivity contribution in [2.45, 2.75) is 25.2 Å². The molecular formula is C48H34N2. The van der Waals surface area contributed by atoms with E-state index in [-0.39, 0.29) is 16.7 Å². The summed E-state index contributed by atoms with van der Waals surface area (Å²) in [4.78, 5) is 5.54. The van der Waals surface area contributed by atoms with Crippen LogP contribution >= 0.6 is 0 Å². The van der Waals surface area contributed by atoms with Crippen molar-refractivity contribution in [2.24, 2.45) is 5.41 Å². The highest BCUT2D eigenvalue weighted by Crippen LogP contribution is 2.71. The van der Waals surface area contributed by atoms with Gasteiger partial charge in [-0.1, -0.05) is 146 Å². The number of aryl methyl sites for hydroxylation is 1. The van der Waals surface area contributed by atoms with Gasteiger partial charge in [0.05, 0.1) is 22.0 Å². The van der Waals surface area contributed by atoms with Crippen molar-refractivity contribution < 1.29 is 0 Å². The van der Waals surface area contributed by atoms with Crippen LogP contribution in [0.5, 0.6) is 0 Å². The first-order chi connectivity index (χ1) is 24.6. The van der Waals surface area contributed by atoms with Crippen molar-refractivity contribution in [3.05, 3.63) is 192 Å². The fourth-order valence-electron chi connectivity index (χ4n) is 10.2. The molecule has 1 spiro atoms. The highest BCUT2D eigenvalue weighted by Gasteiger charge is 2.63. The zero-order valence-corrected chi connectivity index (χ0v) is 28.1. The maximum Gasteiger partial charge on any atom is 0.146 e. The molecule has 0 aliphatic heterocycles. The Morgan fingerprint density at radius 1 is 0.600 bits per heavy atom. The lowest BCUT2D eigenvalue weighted by Gasteiger charge is -2.45. The standard InChI is InChI=1S/C48H34N2/c1-30-32-18-8-12-25-42(32)49-46(45(30)31-16-4-3-5-17-31)50-43-26-13-9-21-35(43)36-28-37-38-22-14-15-27-47(38,2)48(41(37)29-44(36)50)39-23-10-6-19-33(39)34-20-7-11-24-40(34)48/h3-29,38H,1-2H3. The Hall–Kier alpha value is -5.99. The predicted molar refractivity (Wildman–Crippen MR) is 207 cm³/mol. The van der Waals surface area contributed by atoms with Crippen LogP contribution in [-0.2, 0) is 5.41 Å². The normalized spacial score (nSPS) is 19.3. The molecule has 0 saturated carbocycles. The molecule has 2 heterocycles. The minimum atomic E-state index is -0.355. The number of hydrogen-bond donors (Lipinski definition) is 0. The van der Waals surface area contributed by atoms with E-state index < -0.39 is 0 Å². The molecule has 2 heteroatoms. The number of nitrogens with zero attached hydrogens (tertiary/aromatic N) is 2. The van der Waals surface area contributed by atoms with Gasteiger partial charge in [0.25, 0.3) is 0 Å². The van der Waals surface area contributed by atoms with E-state index in [9.17, 15) is 0 Å². The molecule has 3 aliphatic carbocycles. The quantitative estimate of drug-likeness (QED) is 0.184. The van der Waals surface area contributed by atoms with E-state index in [2.05, 4.69) is 182 Å². The van der Waals surface area contributed by atoms with Gasteiger partial charge in [-0.3, -0.25) is 4.57 Å². The van der Waals surface area contributed by atoms with Gasteiger partial charge < -0.3 is 0 Å². The maximum atomic E-state index is 5.54. The molecule has 2 aromatic heterocycles. The van der Waals surface area contributed by atoms with E-state index >= 15 is 0 Å². The van der Waals surface area contributed by atoms with Crippen molar-refractivity contribution in [3.63, 3.8) is 0 Å². The van der Waals surface area contributed by atoms with Crippen molar-refractivity contribution in [3.8, 4) is 28.1 Å². The van der Waals surface area contributed by atoms with E-state index in [0.717, 1.165) is 11.3 Å². The van der Waals surface area contributed by atoms with Crippen LogP contribution in [0.4, 0.5) is 0 Å². The predicted octanol–water partition coefficient (Wildman–Crippen LogP) is 11.9. The average molecular weight is 639 g/mol. The largest absolute Gasteiger partial charge is 0.293 e. The van der Waals surface area contributed by atoms with Crippen LogP contribution in [0.25, 0.3) is 60.8 Å². The third-order valence-electron chi connectivity index (χ3n) is 12.3. The Labute approximate surface area is 291 Å². The van der Waals surface area contributed by atoms with Gasteiger partial charge in [-0.2, -0.15) is 0 Å². The van der Waals surface area contributed by atoms with Crippen LogP contribution in [-0.4, -0.2) is 9.55 Å². The van der Waals surface area contributed by atoms with E-state index in [1.54, 1.807) is 0 Å². The fourth-order valence-corrected chi connectivity index (χ4v) is 10.2. The van der Waals surface area contributed by atoms with Crippen LogP contribution in [0.1, 0.15) is 40.7 Å². The SMILES string of the molecule is Cc1c(-c2ccccc2)c(-n2c3ccccc3c3cc4c(cc32)C2(c3ccccc3-c3ccccc32)C2(C)C=CC=CC42)nc2ccccc12. The molecule has 2 unspecified atom stereocenters. The number of fused-ring (bicyclic) bond motifs is 14. The monoisotopic (exact) mass is 638 g/mol. The first-order valence-electron chi connectivity index (χ1n) is 17.7. The van der Waals surface area contributed by atoms with Gasteiger partial charge in [-0.15, -0.1) is 0 Å². The Morgan fingerprint density at radius 2 is 1.26 bits per heavy atom. The number of para-hydroxylation sites is 2. The highest BCUT2D eigenvalue weighted by atomic mass is 15.1. The second-order valence-corrected chi connectivity index (χ2v) is 14.5.